The van der Waals surface area contributed by atoms with Crippen LogP contribution < -0.4 is 4.74 Å². The molecule has 5 atom stereocenters. The number of likely N-dealkylation sites (N-methyl/N-ethyl adjacent to an activating group) is 1. The Hall–Kier alpha value is -0.560. The predicted molar refractivity (Wildman–Crippen MR) is 95.6 cm³/mol. The molecule has 2 heterocycles. The summed E-state index contributed by atoms with van der Waals surface area (Å²) in [7, 11) is 2.18. The molecule has 2 bridgehead atoms. The lowest BCUT2D eigenvalue weighted by molar-refractivity contribution is -0.0453. The van der Waals surface area contributed by atoms with Gasteiger partial charge < -0.3 is 19.8 Å². The molecule has 5 rings (SSSR count). The average Bonchev–Trinajstić information content (AvgIpc) is 2.84. The van der Waals surface area contributed by atoms with Crippen LogP contribution >= 0.6 is 32.9 Å². The van der Waals surface area contributed by atoms with Crippen molar-refractivity contribution in [3.63, 3.8) is 0 Å². The van der Waals surface area contributed by atoms with Gasteiger partial charge in [-0.3, -0.25) is 0 Å². The minimum atomic E-state index is -0.614. The molecule has 6 heteroatoms. The highest BCUT2D eigenvalue weighted by Gasteiger charge is 2.64. The first kappa shape index (κ1) is 15.9. The number of phenols is 1. The second-order valence-electron chi connectivity index (χ2n) is 7.05. The lowest BCUT2D eigenvalue weighted by Crippen LogP contribution is -2.64. The van der Waals surface area contributed by atoms with Crippen LogP contribution in [-0.4, -0.2) is 47.0 Å². The van der Waals surface area contributed by atoms with Crippen LogP contribution in [0.1, 0.15) is 17.5 Å². The highest BCUT2D eigenvalue weighted by Crippen LogP contribution is 2.63. The number of benzene rings is 1. The highest BCUT2D eigenvalue weighted by molar-refractivity contribution is 9.10. The van der Waals surface area contributed by atoms with E-state index in [0.29, 0.717) is 22.2 Å². The lowest BCUT2D eigenvalue weighted by Gasteiger charge is -2.56. The van der Waals surface area contributed by atoms with E-state index in [1.54, 1.807) is 0 Å². The summed E-state index contributed by atoms with van der Waals surface area (Å²) < 4.78 is 6.82. The zero-order valence-electron chi connectivity index (χ0n) is 12.7. The van der Waals surface area contributed by atoms with Gasteiger partial charge in [0.15, 0.2) is 11.5 Å². The van der Waals surface area contributed by atoms with E-state index in [1.807, 2.05) is 12.1 Å². The number of hydrogen-bond donors (Lipinski definition) is 2. The van der Waals surface area contributed by atoms with Crippen LogP contribution in [0.2, 0.25) is 0 Å². The van der Waals surface area contributed by atoms with Crippen molar-refractivity contribution in [2.45, 2.75) is 36.5 Å². The Morgan fingerprint density at radius 3 is 2.96 bits per heavy atom. The van der Waals surface area contributed by atoms with Gasteiger partial charge in [-0.05, 0) is 54.0 Å². The van der Waals surface area contributed by atoms with Crippen molar-refractivity contribution in [1.29, 1.82) is 0 Å². The molecule has 1 aromatic rings. The van der Waals surface area contributed by atoms with Gasteiger partial charge in [0.05, 0.1) is 4.47 Å². The number of aliphatic hydroxyl groups excluding tert-OH is 1. The number of rotatable bonds is 0. The number of likely N-dealkylation sites (tertiary alicyclic amines) is 1. The number of ether oxygens (including phenoxy) is 1. The van der Waals surface area contributed by atoms with Crippen LogP contribution in [0, 0.1) is 5.92 Å². The number of aliphatic hydroxyl groups is 1. The first-order valence-electron chi connectivity index (χ1n) is 7.82. The first-order valence-corrected chi connectivity index (χ1v) is 8.61. The van der Waals surface area contributed by atoms with E-state index in [0.717, 1.165) is 24.9 Å². The summed E-state index contributed by atoms with van der Waals surface area (Å²) in [5, 5.41) is 20.9. The van der Waals surface area contributed by atoms with Crippen LogP contribution in [0.15, 0.2) is 22.7 Å². The molecule has 1 spiro atoms. The molecule has 2 aliphatic heterocycles. The fourth-order valence-electron chi connectivity index (χ4n) is 5.28. The van der Waals surface area contributed by atoms with E-state index < -0.39 is 6.10 Å². The average molecular weight is 445 g/mol. The molecule has 2 aliphatic carbocycles. The summed E-state index contributed by atoms with van der Waals surface area (Å²) in [5.41, 5.74) is 2.21. The van der Waals surface area contributed by atoms with Crippen molar-refractivity contribution < 1.29 is 14.9 Å². The molecule has 4 nitrogen and oxygen atoms in total. The van der Waals surface area contributed by atoms with Gasteiger partial charge in [0.1, 0.15) is 12.2 Å². The predicted octanol–water partition coefficient (Wildman–Crippen LogP) is 2.54. The molecule has 23 heavy (non-hydrogen) atoms. The summed E-state index contributed by atoms with van der Waals surface area (Å²) in [6.45, 7) is 0.997. The number of phenolic OH excluding ortho intramolecular Hbond substituents is 1. The van der Waals surface area contributed by atoms with E-state index in [2.05, 4.69) is 34.0 Å². The maximum Gasteiger partial charge on any atom is 0.172 e. The van der Waals surface area contributed by atoms with Gasteiger partial charge in [-0.15, -0.1) is 17.0 Å². The number of hydrogen-bond acceptors (Lipinski definition) is 4. The van der Waals surface area contributed by atoms with Crippen LogP contribution in [0.4, 0.5) is 0 Å². The summed E-state index contributed by atoms with van der Waals surface area (Å²) in [5.74, 6) is 1.10. The Morgan fingerprint density at radius 1 is 1.39 bits per heavy atom. The molecular formula is C17H19Br2NO3. The SMILES string of the molecule is Br.CN1CC[C@]23c4c5cc(Br)c(O)c4O[C@H]2[C@@H](O)C=C[C@H]3[C@H]1C5. The van der Waals surface area contributed by atoms with E-state index in [4.69, 9.17) is 4.74 Å². The van der Waals surface area contributed by atoms with Gasteiger partial charge in [0.25, 0.3) is 0 Å². The van der Waals surface area contributed by atoms with Gasteiger partial charge in [-0.2, -0.15) is 0 Å². The summed E-state index contributed by atoms with van der Waals surface area (Å²) in [4.78, 5) is 2.43. The van der Waals surface area contributed by atoms with Crippen molar-refractivity contribution in [3.05, 3.63) is 33.8 Å². The van der Waals surface area contributed by atoms with Crippen molar-refractivity contribution in [2.75, 3.05) is 13.6 Å². The molecular weight excluding hydrogens is 426 g/mol. The van der Waals surface area contributed by atoms with Crippen molar-refractivity contribution in [2.24, 2.45) is 5.92 Å². The van der Waals surface area contributed by atoms with Crippen LogP contribution in [0.5, 0.6) is 11.5 Å². The Balaban J connectivity index is 0.00000135. The maximum atomic E-state index is 10.5. The third-order valence-electron chi connectivity index (χ3n) is 6.22. The molecule has 1 fully saturated rings. The molecule has 2 N–H and O–H groups in total. The third-order valence-corrected chi connectivity index (χ3v) is 6.82. The van der Waals surface area contributed by atoms with E-state index in [1.165, 1.54) is 5.56 Å². The smallest absolute Gasteiger partial charge is 0.172 e. The Kier molecular flexibility index (Phi) is 3.45. The normalized spacial score (nSPS) is 39.4. The standard InChI is InChI=1S/C17H18BrNO3.BrH/c1-19-5-4-17-9-2-3-12(20)16(17)22-15-13(17)8(7-11(9)19)6-10(18)14(15)21;/h2-3,6,9,11-12,16,20-21H,4-5,7H2,1H3;1H/t9-,11+,12-,16-,17-;/m0./s1. The monoisotopic (exact) mass is 443 g/mol. The molecule has 0 amide bonds. The zero-order chi connectivity index (χ0) is 15.2. The number of aromatic hydroxyl groups is 1. The lowest BCUT2D eigenvalue weighted by atomic mass is 9.53. The summed E-state index contributed by atoms with van der Waals surface area (Å²) in [6, 6.07) is 2.47. The molecule has 1 aromatic carbocycles. The number of halogens is 2. The van der Waals surface area contributed by atoms with E-state index in [-0.39, 0.29) is 34.2 Å². The van der Waals surface area contributed by atoms with E-state index in [9.17, 15) is 10.2 Å². The second-order valence-corrected chi connectivity index (χ2v) is 7.91. The van der Waals surface area contributed by atoms with Crippen LogP contribution in [0.3, 0.4) is 0 Å². The van der Waals surface area contributed by atoms with Gasteiger partial charge in [0, 0.05) is 22.9 Å². The molecule has 1 saturated heterocycles. The first-order chi connectivity index (χ1) is 10.5. The zero-order valence-corrected chi connectivity index (χ0v) is 16.0. The largest absolute Gasteiger partial charge is 0.503 e. The van der Waals surface area contributed by atoms with Gasteiger partial charge in [0.2, 0.25) is 0 Å². The minimum Gasteiger partial charge on any atom is -0.503 e. The number of nitrogens with zero attached hydrogens (tertiary/aromatic N) is 1. The second kappa shape index (κ2) is 4.97. The van der Waals surface area contributed by atoms with Gasteiger partial charge >= 0.3 is 0 Å². The molecule has 124 valence electrons. The quantitative estimate of drug-likeness (QED) is 0.604. The molecule has 0 aromatic heterocycles. The van der Waals surface area contributed by atoms with E-state index >= 15 is 0 Å². The number of piperidine rings is 1. The fourth-order valence-corrected chi connectivity index (χ4v) is 5.73. The highest BCUT2D eigenvalue weighted by atomic mass is 79.9. The minimum absolute atomic E-state index is 0. The van der Waals surface area contributed by atoms with Crippen LogP contribution in [0.25, 0.3) is 0 Å². The Labute approximate surface area is 154 Å². The molecule has 0 unspecified atom stereocenters. The Morgan fingerprint density at radius 2 is 2.17 bits per heavy atom. The van der Waals surface area contributed by atoms with Gasteiger partial charge in [-0.1, -0.05) is 12.2 Å². The molecule has 0 saturated carbocycles. The van der Waals surface area contributed by atoms with Crippen molar-refractivity contribution >= 4 is 32.9 Å². The third kappa shape index (κ3) is 1.73. The molecule has 4 aliphatic rings. The topological polar surface area (TPSA) is 52.9 Å². The summed E-state index contributed by atoms with van der Waals surface area (Å²) >= 11 is 3.44. The van der Waals surface area contributed by atoms with Crippen molar-refractivity contribution in [3.8, 4) is 11.5 Å². The maximum absolute atomic E-state index is 10.5. The van der Waals surface area contributed by atoms with Crippen molar-refractivity contribution in [1.82, 2.24) is 4.90 Å². The van der Waals surface area contributed by atoms with Gasteiger partial charge in [-0.25, -0.2) is 0 Å². The Bertz CT molecular complexity index is 722. The van der Waals surface area contributed by atoms with Crippen LogP contribution in [-0.2, 0) is 11.8 Å². The summed E-state index contributed by atoms with van der Waals surface area (Å²) in [6.07, 6.45) is 5.08. The molecule has 0 radical (unpaired) electrons. The fraction of sp³-hybridized carbons (Fsp3) is 0.529.